The van der Waals surface area contributed by atoms with Crippen LogP contribution in [0.2, 0.25) is 17.7 Å². The fourth-order valence-electron chi connectivity index (χ4n) is 4.68. The van der Waals surface area contributed by atoms with Crippen molar-refractivity contribution in [3.05, 3.63) is 0 Å². The SMILES string of the molecule is CCCCCCCC[C@@H](C[CH2][Sn]([CH2]CCC)([CH2]CCC)[CH2]CCC)OCOCCOC. The van der Waals surface area contributed by atoms with Gasteiger partial charge in [0, 0.05) is 0 Å². The van der Waals surface area contributed by atoms with Crippen LogP contribution in [-0.2, 0) is 14.2 Å². The second-order valence-electron chi connectivity index (χ2n) is 9.71. The van der Waals surface area contributed by atoms with Gasteiger partial charge in [0.05, 0.1) is 0 Å². The maximum atomic E-state index is 6.28. The van der Waals surface area contributed by atoms with E-state index in [4.69, 9.17) is 14.2 Å². The van der Waals surface area contributed by atoms with Gasteiger partial charge in [0.15, 0.2) is 0 Å². The van der Waals surface area contributed by atoms with Crippen molar-refractivity contribution in [2.45, 2.75) is 141 Å². The molecule has 0 bridgehead atoms. The van der Waals surface area contributed by atoms with Gasteiger partial charge in [0.1, 0.15) is 0 Å². The van der Waals surface area contributed by atoms with Crippen molar-refractivity contribution in [3.63, 3.8) is 0 Å². The molecular weight excluding hydrogens is 491 g/mol. The van der Waals surface area contributed by atoms with Gasteiger partial charge in [-0.3, -0.25) is 0 Å². The van der Waals surface area contributed by atoms with Gasteiger partial charge >= 0.3 is 201 Å². The molecule has 0 N–H and O–H groups in total. The van der Waals surface area contributed by atoms with Crippen molar-refractivity contribution in [2.75, 3.05) is 27.1 Å². The number of ether oxygens (including phenoxy) is 3. The second kappa shape index (κ2) is 23.8. The molecule has 0 amide bonds. The third-order valence-electron chi connectivity index (χ3n) is 6.88. The van der Waals surface area contributed by atoms with Gasteiger partial charge < -0.3 is 0 Å². The zero-order valence-corrected chi connectivity index (χ0v) is 25.0. The molecule has 0 aromatic carbocycles. The molecule has 0 aliphatic heterocycles. The van der Waals surface area contributed by atoms with Crippen LogP contribution in [0.25, 0.3) is 0 Å². The van der Waals surface area contributed by atoms with Crippen LogP contribution >= 0.6 is 0 Å². The van der Waals surface area contributed by atoms with Gasteiger partial charge in [-0.25, -0.2) is 0 Å². The first-order valence-electron chi connectivity index (χ1n) is 13.9. The van der Waals surface area contributed by atoms with Gasteiger partial charge in [0.2, 0.25) is 0 Å². The van der Waals surface area contributed by atoms with Gasteiger partial charge in [-0.05, 0) is 0 Å². The molecule has 0 aliphatic rings. The topological polar surface area (TPSA) is 27.7 Å². The summed E-state index contributed by atoms with van der Waals surface area (Å²) in [4.78, 5) is 0. The molecule has 0 unspecified atom stereocenters. The Hall–Kier alpha value is 0.679. The molecule has 188 valence electrons. The summed E-state index contributed by atoms with van der Waals surface area (Å²) in [5.41, 5.74) is 0. The molecule has 0 saturated carbocycles. The van der Waals surface area contributed by atoms with Crippen molar-refractivity contribution in [1.29, 1.82) is 0 Å². The van der Waals surface area contributed by atoms with E-state index in [1.54, 1.807) is 20.4 Å². The summed E-state index contributed by atoms with van der Waals surface area (Å²) in [6.07, 6.45) is 19.6. The molecule has 3 nitrogen and oxygen atoms in total. The minimum absolute atomic E-state index is 0.398. The summed E-state index contributed by atoms with van der Waals surface area (Å²) in [6.45, 7) is 11.1. The quantitative estimate of drug-likeness (QED) is 0.0646. The van der Waals surface area contributed by atoms with Crippen molar-refractivity contribution in [3.8, 4) is 0 Å². The van der Waals surface area contributed by atoms with E-state index in [1.807, 2.05) is 0 Å². The van der Waals surface area contributed by atoms with Crippen LogP contribution < -0.4 is 0 Å². The van der Waals surface area contributed by atoms with Crippen LogP contribution in [0.4, 0.5) is 0 Å². The Morgan fingerprint density at radius 3 is 1.68 bits per heavy atom. The zero-order valence-electron chi connectivity index (χ0n) is 22.2. The summed E-state index contributed by atoms with van der Waals surface area (Å²) in [5, 5.41) is 0. The average Bonchev–Trinajstić information content (AvgIpc) is 2.79. The molecule has 0 radical (unpaired) electrons. The summed E-state index contributed by atoms with van der Waals surface area (Å²) in [6, 6.07) is 0. The molecule has 0 rings (SSSR count). The summed E-state index contributed by atoms with van der Waals surface area (Å²) in [5.74, 6) is 0. The Kier molecular flexibility index (Phi) is 24.3. The first kappa shape index (κ1) is 31.7. The standard InChI is InChI=1S/C15H31O3.3C4H9.Sn/c1-4-6-7-8-9-10-11-15(5-2)18-14-17-13-12-16-3;3*1-3-4-2;/h15H,2,4-14H2,1,3H3;3*1,3-4H2,2H3;/t15-;;;;/m1..../s1. The van der Waals surface area contributed by atoms with Crippen molar-refractivity contribution in [1.82, 2.24) is 0 Å². The molecule has 0 saturated heterocycles. The van der Waals surface area contributed by atoms with Crippen molar-refractivity contribution >= 4 is 18.4 Å². The minimum atomic E-state index is -2.07. The van der Waals surface area contributed by atoms with Crippen LogP contribution in [0, 0.1) is 0 Å². The molecule has 0 fully saturated rings. The molecule has 0 aromatic heterocycles. The third-order valence-corrected chi connectivity index (χ3v) is 22.8. The van der Waals surface area contributed by atoms with Gasteiger partial charge in [-0.2, -0.15) is 0 Å². The number of rotatable bonds is 25. The van der Waals surface area contributed by atoms with Crippen molar-refractivity contribution < 1.29 is 14.2 Å². The molecule has 31 heavy (non-hydrogen) atoms. The van der Waals surface area contributed by atoms with Gasteiger partial charge in [0.25, 0.3) is 0 Å². The Morgan fingerprint density at radius 1 is 0.581 bits per heavy atom. The fourth-order valence-corrected chi connectivity index (χ4v) is 21.1. The molecule has 0 aromatic rings. The average molecular weight is 549 g/mol. The van der Waals surface area contributed by atoms with E-state index in [0.717, 1.165) is 0 Å². The van der Waals surface area contributed by atoms with Gasteiger partial charge in [-0.15, -0.1) is 0 Å². The number of hydrogen-bond donors (Lipinski definition) is 0. The Morgan fingerprint density at radius 2 is 1.13 bits per heavy atom. The van der Waals surface area contributed by atoms with E-state index in [1.165, 1.54) is 94.3 Å². The van der Waals surface area contributed by atoms with E-state index >= 15 is 0 Å². The van der Waals surface area contributed by atoms with Crippen LogP contribution in [0.3, 0.4) is 0 Å². The molecule has 1 atom stereocenters. The Balaban J connectivity index is 4.80. The third kappa shape index (κ3) is 18.8. The molecule has 4 heteroatoms. The normalized spacial score (nSPS) is 13.1. The van der Waals surface area contributed by atoms with E-state index in [0.29, 0.717) is 26.1 Å². The van der Waals surface area contributed by atoms with Crippen LogP contribution in [0.15, 0.2) is 0 Å². The van der Waals surface area contributed by atoms with Crippen LogP contribution in [0.1, 0.15) is 118 Å². The summed E-state index contributed by atoms with van der Waals surface area (Å²) >= 11 is -2.07. The summed E-state index contributed by atoms with van der Waals surface area (Å²) < 4.78 is 23.4. The molecule has 0 heterocycles. The Bertz CT molecular complexity index is 330. The van der Waals surface area contributed by atoms with E-state index in [2.05, 4.69) is 27.7 Å². The number of hydrogen-bond acceptors (Lipinski definition) is 3. The predicted molar refractivity (Wildman–Crippen MR) is 140 cm³/mol. The van der Waals surface area contributed by atoms with E-state index in [9.17, 15) is 0 Å². The van der Waals surface area contributed by atoms with Crippen LogP contribution in [-0.4, -0.2) is 51.6 Å². The van der Waals surface area contributed by atoms with E-state index in [-0.39, 0.29) is 0 Å². The molecule has 0 aliphatic carbocycles. The van der Waals surface area contributed by atoms with Crippen LogP contribution in [0.5, 0.6) is 0 Å². The number of methoxy groups -OCH3 is 1. The second-order valence-corrected chi connectivity index (χ2v) is 24.0. The molecular formula is C27H58O3Sn. The zero-order chi connectivity index (χ0) is 23.0. The van der Waals surface area contributed by atoms with Crippen molar-refractivity contribution in [2.24, 2.45) is 0 Å². The first-order chi connectivity index (χ1) is 15.2. The summed E-state index contributed by atoms with van der Waals surface area (Å²) in [7, 11) is 1.72. The Labute approximate surface area is 200 Å². The van der Waals surface area contributed by atoms with E-state index < -0.39 is 18.4 Å². The number of unbranched alkanes of at least 4 members (excludes halogenated alkanes) is 8. The first-order valence-corrected chi connectivity index (χ1v) is 21.9. The predicted octanol–water partition coefficient (Wildman–Crippen LogP) is 8.98. The molecule has 0 spiro atoms. The van der Waals surface area contributed by atoms with Gasteiger partial charge in [-0.1, -0.05) is 0 Å². The monoisotopic (exact) mass is 550 g/mol. The maximum absolute atomic E-state index is 6.28. The fraction of sp³-hybridized carbons (Fsp3) is 1.00.